The Morgan fingerprint density at radius 3 is 2.36 bits per heavy atom. The minimum atomic E-state index is -0.558. The number of anilines is 4. The topological polar surface area (TPSA) is 79.8 Å². The van der Waals surface area contributed by atoms with E-state index < -0.39 is 6.09 Å². The van der Waals surface area contributed by atoms with E-state index in [1.807, 2.05) is 101 Å². The summed E-state index contributed by atoms with van der Waals surface area (Å²) in [6.07, 6.45) is 3.02. The number of hydrogen-bond donors (Lipinski definition) is 1. The zero-order chi connectivity index (χ0) is 27.8. The molecule has 9 heteroatoms. The molecule has 39 heavy (non-hydrogen) atoms. The Morgan fingerprint density at radius 2 is 1.67 bits per heavy atom. The molecular formula is C30H33N5O3S. The third-order valence-corrected chi connectivity index (χ3v) is 6.68. The number of rotatable bonds is 10. The second-order valence-corrected chi connectivity index (χ2v) is 9.98. The maximum Gasteiger partial charge on any atom is 0.425 e. The Balaban J connectivity index is 1.61. The summed E-state index contributed by atoms with van der Waals surface area (Å²) in [5.74, 6) is 2.05. The van der Waals surface area contributed by atoms with Crippen molar-refractivity contribution in [1.82, 2.24) is 14.9 Å². The lowest BCUT2D eigenvalue weighted by Crippen LogP contribution is -2.31. The molecule has 202 valence electrons. The fourth-order valence-electron chi connectivity index (χ4n) is 3.87. The van der Waals surface area contributed by atoms with Gasteiger partial charge in [-0.1, -0.05) is 30.3 Å². The van der Waals surface area contributed by atoms with Gasteiger partial charge in [0.15, 0.2) is 0 Å². The smallest absolute Gasteiger partial charge is 0.425 e. The first-order chi connectivity index (χ1) is 18.9. The first-order valence-corrected chi connectivity index (χ1v) is 13.8. The van der Waals surface area contributed by atoms with Crippen molar-refractivity contribution in [3.8, 4) is 11.5 Å². The maximum atomic E-state index is 13.7. The summed E-state index contributed by atoms with van der Waals surface area (Å²) in [5.41, 5.74) is 3.22. The van der Waals surface area contributed by atoms with Crippen LogP contribution >= 0.6 is 11.8 Å². The Morgan fingerprint density at radius 1 is 0.949 bits per heavy atom. The van der Waals surface area contributed by atoms with Crippen LogP contribution in [-0.4, -0.2) is 54.5 Å². The fraction of sp³-hybridized carbons (Fsp3) is 0.233. The lowest BCUT2D eigenvalue weighted by atomic mass is 10.1. The van der Waals surface area contributed by atoms with Crippen LogP contribution in [0, 0.1) is 13.8 Å². The number of hydrogen-bond acceptors (Lipinski definition) is 8. The van der Waals surface area contributed by atoms with Gasteiger partial charge in [-0.3, -0.25) is 0 Å². The summed E-state index contributed by atoms with van der Waals surface area (Å²) in [4.78, 5) is 27.2. The first-order valence-electron chi connectivity index (χ1n) is 12.5. The SMILES string of the molecule is CSc1ccccc1N(C(=O)Oc1c(C)cccc1C)c1ccnc(Nc2ccc(OCCN(C)C)cc2)n1. The highest BCUT2D eigenvalue weighted by atomic mass is 32.2. The lowest BCUT2D eigenvalue weighted by molar-refractivity contribution is 0.209. The van der Waals surface area contributed by atoms with Crippen molar-refractivity contribution in [3.63, 3.8) is 0 Å². The molecule has 0 unspecified atom stereocenters. The van der Waals surface area contributed by atoms with E-state index in [1.165, 1.54) is 4.90 Å². The molecule has 0 aliphatic carbocycles. The maximum absolute atomic E-state index is 13.7. The number of likely N-dealkylation sites (N-methyl/N-ethyl adjacent to an activating group) is 1. The van der Waals surface area contributed by atoms with Crippen LogP contribution < -0.4 is 19.7 Å². The molecule has 1 aromatic heterocycles. The molecule has 0 saturated carbocycles. The van der Waals surface area contributed by atoms with Crippen LogP contribution in [0.4, 0.5) is 27.9 Å². The Kier molecular flexibility index (Phi) is 9.40. The molecule has 1 N–H and O–H groups in total. The van der Waals surface area contributed by atoms with Crippen molar-refractivity contribution >= 4 is 41.0 Å². The highest BCUT2D eigenvalue weighted by Crippen LogP contribution is 2.35. The quantitative estimate of drug-likeness (QED) is 0.218. The molecule has 0 saturated heterocycles. The molecule has 4 rings (SSSR count). The summed E-state index contributed by atoms with van der Waals surface area (Å²) in [6, 6.07) is 22.7. The number of carbonyl (C=O) groups is 1. The highest BCUT2D eigenvalue weighted by molar-refractivity contribution is 7.98. The van der Waals surface area contributed by atoms with Crippen LogP contribution in [0.3, 0.4) is 0 Å². The van der Waals surface area contributed by atoms with Gasteiger partial charge < -0.3 is 19.7 Å². The van der Waals surface area contributed by atoms with E-state index >= 15 is 0 Å². The molecule has 0 atom stereocenters. The van der Waals surface area contributed by atoms with Crippen LogP contribution in [0.15, 0.2) is 83.9 Å². The van der Waals surface area contributed by atoms with Gasteiger partial charge in [0.25, 0.3) is 0 Å². The lowest BCUT2D eigenvalue weighted by Gasteiger charge is -2.24. The summed E-state index contributed by atoms with van der Waals surface area (Å²) in [5, 5.41) is 3.22. The van der Waals surface area contributed by atoms with E-state index in [-0.39, 0.29) is 0 Å². The summed E-state index contributed by atoms with van der Waals surface area (Å²) in [6.45, 7) is 5.28. The normalized spacial score (nSPS) is 10.8. The van der Waals surface area contributed by atoms with E-state index in [0.29, 0.717) is 29.8 Å². The number of carbonyl (C=O) groups excluding carboxylic acids is 1. The molecule has 0 radical (unpaired) electrons. The number of ether oxygens (including phenoxy) is 2. The van der Waals surface area contributed by atoms with Crippen LogP contribution in [0.2, 0.25) is 0 Å². The number of aromatic nitrogens is 2. The number of thioether (sulfide) groups is 1. The largest absolute Gasteiger partial charge is 0.492 e. The van der Waals surface area contributed by atoms with Gasteiger partial charge in [-0.05, 0) is 81.7 Å². The summed E-state index contributed by atoms with van der Waals surface area (Å²) < 4.78 is 11.7. The van der Waals surface area contributed by atoms with Crippen LogP contribution in [0.5, 0.6) is 11.5 Å². The van der Waals surface area contributed by atoms with Gasteiger partial charge in [0.05, 0.1) is 5.69 Å². The molecule has 8 nitrogen and oxygen atoms in total. The van der Waals surface area contributed by atoms with Crippen LogP contribution in [-0.2, 0) is 0 Å². The fourth-order valence-corrected chi connectivity index (χ4v) is 4.45. The summed E-state index contributed by atoms with van der Waals surface area (Å²) >= 11 is 1.54. The van der Waals surface area contributed by atoms with Gasteiger partial charge in [0.2, 0.25) is 5.95 Å². The molecule has 0 aliphatic rings. The first kappa shape index (κ1) is 27.9. The molecule has 3 aromatic carbocycles. The van der Waals surface area contributed by atoms with Crippen molar-refractivity contribution in [2.45, 2.75) is 18.7 Å². The average Bonchev–Trinajstić information content (AvgIpc) is 2.92. The van der Waals surface area contributed by atoms with Gasteiger partial charge in [0, 0.05) is 29.4 Å². The molecule has 1 amide bonds. The monoisotopic (exact) mass is 543 g/mol. The number of aryl methyl sites for hydroxylation is 2. The number of amides is 1. The molecular weight excluding hydrogens is 510 g/mol. The van der Waals surface area contributed by atoms with Crippen molar-refractivity contribution in [1.29, 1.82) is 0 Å². The Hall–Kier alpha value is -4.08. The van der Waals surface area contributed by atoms with E-state index in [0.717, 1.165) is 34.0 Å². The Bertz CT molecular complexity index is 1390. The average molecular weight is 544 g/mol. The zero-order valence-electron chi connectivity index (χ0n) is 22.8. The van der Waals surface area contributed by atoms with E-state index in [2.05, 4.69) is 20.2 Å². The van der Waals surface area contributed by atoms with Crippen molar-refractivity contribution in [2.75, 3.05) is 43.7 Å². The van der Waals surface area contributed by atoms with Crippen molar-refractivity contribution in [3.05, 3.63) is 90.1 Å². The second-order valence-electron chi connectivity index (χ2n) is 9.14. The number of nitrogens with one attached hydrogen (secondary N) is 1. The minimum Gasteiger partial charge on any atom is -0.492 e. The van der Waals surface area contributed by atoms with Gasteiger partial charge in [-0.15, -0.1) is 11.8 Å². The van der Waals surface area contributed by atoms with Gasteiger partial charge in [-0.25, -0.2) is 14.7 Å². The standard InChI is InChI=1S/C30H33N5O3S/c1-21-9-8-10-22(2)28(21)38-30(36)35(25-11-6-7-12-26(25)39-5)27-17-18-31-29(33-27)32-23-13-15-24(16-14-23)37-20-19-34(3)4/h6-18H,19-20H2,1-5H3,(H,31,32,33). The predicted octanol–water partition coefficient (Wildman–Crippen LogP) is 6.84. The highest BCUT2D eigenvalue weighted by Gasteiger charge is 2.25. The van der Waals surface area contributed by atoms with Crippen LogP contribution in [0.1, 0.15) is 11.1 Å². The van der Waals surface area contributed by atoms with Gasteiger partial charge >= 0.3 is 6.09 Å². The van der Waals surface area contributed by atoms with E-state index in [1.54, 1.807) is 24.0 Å². The van der Waals surface area contributed by atoms with Gasteiger partial charge in [-0.2, -0.15) is 4.98 Å². The number of para-hydroxylation sites is 2. The van der Waals surface area contributed by atoms with Crippen molar-refractivity contribution < 1.29 is 14.3 Å². The molecule has 0 aliphatic heterocycles. The minimum absolute atomic E-state index is 0.347. The third-order valence-electron chi connectivity index (χ3n) is 5.89. The third kappa shape index (κ3) is 7.28. The predicted molar refractivity (Wildman–Crippen MR) is 158 cm³/mol. The number of nitrogens with zero attached hydrogens (tertiary/aromatic N) is 4. The van der Waals surface area contributed by atoms with Gasteiger partial charge in [0.1, 0.15) is 23.9 Å². The van der Waals surface area contributed by atoms with Crippen LogP contribution in [0.25, 0.3) is 0 Å². The second kappa shape index (κ2) is 13.1. The Labute approximate surface area is 234 Å². The summed E-state index contributed by atoms with van der Waals surface area (Å²) in [7, 11) is 4.02. The van der Waals surface area contributed by atoms with E-state index in [4.69, 9.17) is 9.47 Å². The van der Waals surface area contributed by atoms with Crippen molar-refractivity contribution in [2.24, 2.45) is 0 Å². The zero-order valence-corrected chi connectivity index (χ0v) is 23.7. The molecule has 4 aromatic rings. The molecule has 0 bridgehead atoms. The number of benzene rings is 3. The van der Waals surface area contributed by atoms with E-state index in [9.17, 15) is 4.79 Å². The molecule has 0 fully saturated rings. The molecule has 0 spiro atoms. The molecule has 1 heterocycles.